The first-order valence-corrected chi connectivity index (χ1v) is 7.17. The maximum absolute atomic E-state index is 12.4. The van der Waals surface area contributed by atoms with Crippen molar-refractivity contribution in [1.82, 2.24) is 0 Å². The standard InChI is InChI=1S/C17H13F2NO6/c1-24-12-7-8-15(13(10-12)20(22)23)25-16(21)9-6-11-4-2-3-5-14(11)26-17(18)19/h2-10,17H,1H3/b9-6+. The zero-order valence-electron chi connectivity index (χ0n) is 13.4. The smallest absolute Gasteiger partial charge is 0.387 e. The number of carbonyl (C=O) groups is 1. The van der Waals surface area contributed by atoms with Crippen LogP contribution in [0.15, 0.2) is 48.5 Å². The molecule has 0 saturated heterocycles. The van der Waals surface area contributed by atoms with E-state index >= 15 is 0 Å². The van der Waals surface area contributed by atoms with Gasteiger partial charge < -0.3 is 14.2 Å². The van der Waals surface area contributed by atoms with Crippen molar-refractivity contribution in [2.75, 3.05) is 7.11 Å². The number of rotatable bonds is 7. The van der Waals surface area contributed by atoms with Crippen LogP contribution in [0.5, 0.6) is 17.2 Å². The number of nitro benzene ring substituents is 1. The van der Waals surface area contributed by atoms with E-state index in [2.05, 4.69) is 4.74 Å². The lowest BCUT2D eigenvalue weighted by Crippen LogP contribution is -2.06. The van der Waals surface area contributed by atoms with Gasteiger partial charge in [0.25, 0.3) is 0 Å². The Bertz CT molecular complexity index is 838. The van der Waals surface area contributed by atoms with Gasteiger partial charge in [0.15, 0.2) is 0 Å². The number of alkyl halides is 2. The molecule has 0 aliphatic carbocycles. The monoisotopic (exact) mass is 365 g/mol. The van der Waals surface area contributed by atoms with Crippen molar-refractivity contribution in [3.05, 3.63) is 64.2 Å². The van der Waals surface area contributed by atoms with E-state index in [1.165, 1.54) is 43.5 Å². The van der Waals surface area contributed by atoms with Gasteiger partial charge in [-0.05, 0) is 24.3 Å². The molecule has 0 spiro atoms. The highest BCUT2D eigenvalue weighted by Gasteiger charge is 2.18. The van der Waals surface area contributed by atoms with Crippen LogP contribution >= 0.6 is 0 Å². The molecule has 0 radical (unpaired) electrons. The first-order chi connectivity index (χ1) is 12.4. The molecule has 0 N–H and O–H groups in total. The summed E-state index contributed by atoms with van der Waals surface area (Å²) in [6, 6.07) is 9.55. The highest BCUT2D eigenvalue weighted by atomic mass is 19.3. The number of para-hydroxylation sites is 1. The van der Waals surface area contributed by atoms with E-state index in [1.54, 1.807) is 6.07 Å². The summed E-state index contributed by atoms with van der Waals surface area (Å²) in [4.78, 5) is 22.2. The van der Waals surface area contributed by atoms with Gasteiger partial charge in [0.1, 0.15) is 11.5 Å². The minimum Gasteiger partial charge on any atom is -0.496 e. The maximum Gasteiger partial charge on any atom is 0.387 e. The molecular formula is C17H13F2NO6. The average molecular weight is 365 g/mol. The second kappa shape index (κ2) is 8.56. The van der Waals surface area contributed by atoms with Gasteiger partial charge in [-0.1, -0.05) is 18.2 Å². The van der Waals surface area contributed by atoms with Crippen LogP contribution in [0, 0.1) is 10.1 Å². The van der Waals surface area contributed by atoms with Crippen molar-refractivity contribution in [1.29, 1.82) is 0 Å². The zero-order valence-corrected chi connectivity index (χ0v) is 13.4. The van der Waals surface area contributed by atoms with Crippen molar-refractivity contribution >= 4 is 17.7 Å². The number of methoxy groups -OCH3 is 1. The molecule has 0 heterocycles. The van der Waals surface area contributed by atoms with Crippen LogP contribution in [-0.2, 0) is 4.79 Å². The van der Waals surface area contributed by atoms with Gasteiger partial charge in [-0.15, -0.1) is 0 Å². The molecule has 0 aliphatic heterocycles. The molecule has 0 amide bonds. The Kier molecular flexibility index (Phi) is 6.20. The van der Waals surface area contributed by atoms with Crippen LogP contribution in [0.25, 0.3) is 6.08 Å². The molecule has 2 rings (SSSR count). The molecule has 136 valence electrons. The first-order valence-electron chi connectivity index (χ1n) is 7.17. The highest BCUT2D eigenvalue weighted by Crippen LogP contribution is 2.31. The summed E-state index contributed by atoms with van der Waals surface area (Å²) in [7, 11) is 1.34. The Hall–Kier alpha value is -3.49. The van der Waals surface area contributed by atoms with Crippen molar-refractivity contribution in [3.8, 4) is 17.2 Å². The lowest BCUT2D eigenvalue weighted by molar-refractivity contribution is -0.385. The molecule has 2 aromatic rings. The van der Waals surface area contributed by atoms with Gasteiger partial charge >= 0.3 is 18.3 Å². The van der Waals surface area contributed by atoms with Crippen LogP contribution in [0.3, 0.4) is 0 Å². The fourth-order valence-corrected chi connectivity index (χ4v) is 1.97. The molecule has 0 atom stereocenters. The van der Waals surface area contributed by atoms with E-state index in [9.17, 15) is 23.7 Å². The predicted octanol–water partition coefficient (Wildman–Crippen LogP) is 3.82. The average Bonchev–Trinajstić information content (AvgIpc) is 2.60. The molecule has 0 bridgehead atoms. The van der Waals surface area contributed by atoms with Gasteiger partial charge in [-0.2, -0.15) is 8.78 Å². The Morgan fingerprint density at radius 3 is 2.58 bits per heavy atom. The predicted molar refractivity (Wildman–Crippen MR) is 87.4 cm³/mol. The molecule has 0 saturated carbocycles. The second-order valence-corrected chi connectivity index (χ2v) is 4.76. The summed E-state index contributed by atoms with van der Waals surface area (Å²) < 4.78 is 38.9. The maximum atomic E-state index is 12.4. The Balaban J connectivity index is 2.17. The molecule has 0 aliphatic rings. The fourth-order valence-electron chi connectivity index (χ4n) is 1.97. The topological polar surface area (TPSA) is 87.9 Å². The SMILES string of the molecule is COc1ccc(OC(=O)/C=C/c2ccccc2OC(F)F)c([N+](=O)[O-])c1. The molecule has 2 aromatic carbocycles. The quantitative estimate of drug-likeness (QED) is 0.244. The number of halogens is 2. The van der Waals surface area contributed by atoms with E-state index in [0.717, 1.165) is 12.1 Å². The fraction of sp³-hybridized carbons (Fsp3) is 0.118. The number of nitrogens with zero attached hydrogens (tertiary/aromatic N) is 1. The summed E-state index contributed by atoms with van der Waals surface area (Å²) in [5.41, 5.74) is -0.235. The van der Waals surface area contributed by atoms with Gasteiger partial charge in [0.05, 0.1) is 18.1 Å². The zero-order chi connectivity index (χ0) is 19.1. The lowest BCUT2D eigenvalue weighted by atomic mass is 10.2. The number of benzene rings is 2. The highest BCUT2D eigenvalue weighted by molar-refractivity contribution is 5.89. The minimum absolute atomic E-state index is 0.123. The number of carbonyl (C=O) groups excluding carboxylic acids is 1. The summed E-state index contributed by atoms with van der Waals surface area (Å²) in [5, 5.41) is 11.1. The van der Waals surface area contributed by atoms with Gasteiger partial charge in [0, 0.05) is 11.6 Å². The van der Waals surface area contributed by atoms with E-state index in [4.69, 9.17) is 9.47 Å². The van der Waals surface area contributed by atoms with Gasteiger partial charge in [-0.3, -0.25) is 10.1 Å². The Labute approximate surface area is 146 Å². The Morgan fingerprint density at radius 1 is 1.19 bits per heavy atom. The van der Waals surface area contributed by atoms with E-state index in [0.29, 0.717) is 0 Å². The third-order valence-corrected chi connectivity index (χ3v) is 3.11. The van der Waals surface area contributed by atoms with Gasteiger partial charge in [-0.25, -0.2) is 4.79 Å². The number of hydrogen-bond acceptors (Lipinski definition) is 6. The Morgan fingerprint density at radius 2 is 1.92 bits per heavy atom. The number of hydrogen-bond donors (Lipinski definition) is 0. The van der Waals surface area contributed by atoms with E-state index in [-0.39, 0.29) is 22.8 Å². The van der Waals surface area contributed by atoms with Gasteiger partial charge in [0.2, 0.25) is 5.75 Å². The summed E-state index contributed by atoms with van der Waals surface area (Å²) in [6.45, 7) is -3.02. The normalized spacial score (nSPS) is 10.8. The first kappa shape index (κ1) is 18.8. The van der Waals surface area contributed by atoms with E-state index in [1.807, 2.05) is 0 Å². The van der Waals surface area contributed by atoms with Crippen LogP contribution in [0.2, 0.25) is 0 Å². The molecule has 0 fully saturated rings. The molecule has 0 aromatic heterocycles. The third-order valence-electron chi connectivity index (χ3n) is 3.11. The van der Waals surface area contributed by atoms with Crippen molar-refractivity contribution in [2.45, 2.75) is 6.61 Å². The largest absolute Gasteiger partial charge is 0.496 e. The summed E-state index contributed by atoms with van der Waals surface area (Å²) in [5.74, 6) is -1.10. The van der Waals surface area contributed by atoms with Crippen LogP contribution in [0.1, 0.15) is 5.56 Å². The molecular weight excluding hydrogens is 352 g/mol. The summed E-state index contributed by atoms with van der Waals surface area (Å²) >= 11 is 0. The number of ether oxygens (including phenoxy) is 3. The molecule has 9 heteroatoms. The minimum atomic E-state index is -3.02. The van der Waals surface area contributed by atoms with Crippen molar-refractivity contribution < 1.29 is 32.7 Å². The molecule has 26 heavy (non-hydrogen) atoms. The van der Waals surface area contributed by atoms with Crippen LogP contribution < -0.4 is 14.2 Å². The molecule has 7 nitrogen and oxygen atoms in total. The van der Waals surface area contributed by atoms with Crippen LogP contribution in [-0.4, -0.2) is 24.6 Å². The second-order valence-electron chi connectivity index (χ2n) is 4.76. The van der Waals surface area contributed by atoms with Crippen molar-refractivity contribution in [2.24, 2.45) is 0 Å². The summed E-state index contributed by atoms with van der Waals surface area (Å²) in [6.07, 6.45) is 2.15. The number of nitro groups is 1. The third kappa shape index (κ3) is 5.00. The lowest BCUT2D eigenvalue weighted by Gasteiger charge is -2.07. The number of esters is 1. The van der Waals surface area contributed by atoms with E-state index < -0.39 is 23.2 Å². The molecule has 0 unspecified atom stereocenters. The van der Waals surface area contributed by atoms with Crippen molar-refractivity contribution in [3.63, 3.8) is 0 Å². The van der Waals surface area contributed by atoms with Crippen LogP contribution in [0.4, 0.5) is 14.5 Å².